The number of aliphatic hydroxyl groups excluding tert-OH is 1. The molecule has 2 aromatic rings. The molecule has 0 saturated carbocycles. The minimum absolute atomic E-state index is 0.134. The Kier molecular flexibility index (Phi) is 4.40. The molecule has 0 aliphatic carbocycles. The fourth-order valence-corrected chi connectivity index (χ4v) is 1.93. The zero-order valence-electron chi connectivity index (χ0n) is 10.9. The number of rotatable bonds is 4. The molecule has 0 spiro atoms. The Balaban J connectivity index is 2.38. The quantitative estimate of drug-likeness (QED) is 0.677. The first-order valence-corrected chi connectivity index (χ1v) is 6.35. The number of aliphatic hydroxyl groups is 1. The summed E-state index contributed by atoms with van der Waals surface area (Å²) >= 11 is 6.00. The van der Waals surface area contributed by atoms with Gasteiger partial charge in [0.15, 0.2) is 0 Å². The van der Waals surface area contributed by atoms with Crippen molar-refractivity contribution in [2.45, 2.75) is 13.0 Å². The summed E-state index contributed by atoms with van der Waals surface area (Å²) in [4.78, 5) is 10.2. The Labute approximate surface area is 124 Å². The van der Waals surface area contributed by atoms with E-state index in [-0.39, 0.29) is 22.2 Å². The van der Waals surface area contributed by atoms with E-state index in [0.717, 1.165) is 18.2 Å². The van der Waals surface area contributed by atoms with Crippen LogP contribution >= 0.6 is 11.6 Å². The lowest BCUT2D eigenvalue weighted by atomic mass is 10.1. The van der Waals surface area contributed by atoms with Gasteiger partial charge in [0.05, 0.1) is 16.0 Å². The van der Waals surface area contributed by atoms with Crippen LogP contribution in [0.25, 0.3) is 0 Å². The Morgan fingerprint density at radius 1 is 1.29 bits per heavy atom. The number of hydrogen-bond acceptors (Lipinski definition) is 4. The van der Waals surface area contributed by atoms with Gasteiger partial charge in [-0.2, -0.15) is 0 Å². The minimum atomic E-state index is -0.708. The van der Waals surface area contributed by atoms with Crippen molar-refractivity contribution in [3.05, 3.63) is 62.9 Å². The van der Waals surface area contributed by atoms with E-state index in [1.54, 1.807) is 13.0 Å². The monoisotopic (exact) mass is 311 g/mol. The van der Waals surface area contributed by atoms with Crippen molar-refractivity contribution in [2.75, 3.05) is 0 Å². The first-order valence-electron chi connectivity index (χ1n) is 5.98. The number of nitro groups is 1. The SMILES string of the molecule is C[C@H](O)c1ccc(Oc2cc(F)ccc2[N+](=O)[O-])c(Cl)c1. The molecule has 110 valence electrons. The maximum absolute atomic E-state index is 13.2. The second-order valence-corrected chi connectivity index (χ2v) is 4.74. The van der Waals surface area contributed by atoms with E-state index in [2.05, 4.69) is 0 Å². The topological polar surface area (TPSA) is 72.6 Å². The van der Waals surface area contributed by atoms with Gasteiger partial charge in [-0.25, -0.2) is 4.39 Å². The average Bonchev–Trinajstić information content (AvgIpc) is 2.40. The summed E-state index contributed by atoms with van der Waals surface area (Å²) < 4.78 is 18.5. The van der Waals surface area contributed by atoms with Crippen LogP contribution in [0, 0.1) is 15.9 Å². The van der Waals surface area contributed by atoms with Gasteiger partial charge in [0.2, 0.25) is 5.75 Å². The summed E-state index contributed by atoms with van der Waals surface area (Å²) in [5, 5.41) is 20.5. The van der Waals surface area contributed by atoms with Crippen LogP contribution < -0.4 is 4.74 Å². The maximum atomic E-state index is 13.2. The van der Waals surface area contributed by atoms with Gasteiger partial charge in [-0.15, -0.1) is 0 Å². The molecule has 2 rings (SSSR count). The van der Waals surface area contributed by atoms with Crippen molar-refractivity contribution in [1.82, 2.24) is 0 Å². The fourth-order valence-electron chi connectivity index (χ4n) is 1.70. The van der Waals surface area contributed by atoms with Crippen LogP contribution in [0.4, 0.5) is 10.1 Å². The largest absolute Gasteiger partial charge is 0.448 e. The Morgan fingerprint density at radius 3 is 2.57 bits per heavy atom. The number of halogens is 2. The Hall–Kier alpha value is -2.18. The van der Waals surface area contributed by atoms with Gasteiger partial charge in [0.1, 0.15) is 11.6 Å². The van der Waals surface area contributed by atoms with Crippen molar-refractivity contribution in [3.63, 3.8) is 0 Å². The lowest BCUT2D eigenvalue weighted by molar-refractivity contribution is -0.385. The summed E-state index contributed by atoms with van der Waals surface area (Å²) in [6.45, 7) is 1.57. The average molecular weight is 312 g/mol. The van der Waals surface area contributed by atoms with Crippen LogP contribution in [0.3, 0.4) is 0 Å². The number of hydrogen-bond donors (Lipinski definition) is 1. The molecule has 0 aliphatic heterocycles. The van der Waals surface area contributed by atoms with Gasteiger partial charge in [0, 0.05) is 12.1 Å². The highest BCUT2D eigenvalue weighted by Crippen LogP contribution is 2.36. The lowest BCUT2D eigenvalue weighted by Crippen LogP contribution is -1.96. The van der Waals surface area contributed by atoms with Gasteiger partial charge in [-0.1, -0.05) is 17.7 Å². The van der Waals surface area contributed by atoms with Gasteiger partial charge in [-0.3, -0.25) is 10.1 Å². The van der Waals surface area contributed by atoms with Crippen molar-refractivity contribution in [3.8, 4) is 11.5 Å². The first kappa shape index (κ1) is 15.2. The molecule has 0 fully saturated rings. The molecule has 1 atom stereocenters. The maximum Gasteiger partial charge on any atom is 0.311 e. The Morgan fingerprint density at radius 2 is 2.00 bits per heavy atom. The van der Waals surface area contributed by atoms with Crippen LogP contribution in [-0.2, 0) is 0 Å². The molecule has 0 saturated heterocycles. The molecule has 1 N–H and O–H groups in total. The van der Waals surface area contributed by atoms with E-state index < -0.39 is 16.8 Å². The highest BCUT2D eigenvalue weighted by Gasteiger charge is 2.18. The first-order chi connectivity index (χ1) is 9.88. The highest BCUT2D eigenvalue weighted by atomic mass is 35.5. The summed E-state index contributed by atoms with van der Waals surface area (Å²) in [6, 6.07) is 7.41. The normalized spacial score (nSPS) is 12.0. The number of nitrogens with zero attached hydrogens (tertiary/aromatic N) is 1. The molecule has 0 heterocycles. The highest BCUT2D eigenvalue weighted by molar-refractivity contribution is 6.32. The van der Waals surface area contributed by atoms with Gasteiger partial charge < -0.3 is 9.84 Å². The Bertz CT molecular complexity index is 691. The van der Waals surface area contributed by atoms with Crippen molar-refractivity contribution < 1.29 is 19.2 Å². The van der Waals surface area contributed by atoms with Gasteiger partial charge in [0.25, 0.3) is 0 Å². The number of benzene rings is 2. The van der Waals surface area contributed by atoms with Crippen LogP contribution in [0.15, 0.2) is 36.4 Å². The summed E-state index contributed by atoms with van der Waals surface area (Å²) in [5.41, 5.74) is 0.202. The van der Waals surface area contributed by atoms with E-state index in [9.17, 15) is 19.6 Å². The van der Waals surface area contributed by atoms with Crippen molar-refractivity contribution >= 4 is 17.3 Å². The van der Waals surface area contributed by atoms with Crippen LogP contribution in [0.5, 0.6) is 11.5 Å². The zero-order valence-corrected chi connectivity index (χ0v) is 11.7. The summed E-state index contributed by atoms with van der Waals surface area (Å²) in [6.07, 6.45) is -0.708. The number of ether oxygens (including phenoxy) is 1. The van der Waals surface area contributed by atoms with Crippen molar-refractivity contribution in [1.29, 1.82) is 0 Å². The molecule has 0 aromatic heterocycles. The van der Waals surface area contributed by atoms with E-state index in [1.807, 2.05) is 0 Å². The molecule has 7 heteroatoms. The molecule has 0 bridgehead atoms. The molecule has 2 aromatic carbocycles. The molecule has 5 nitrogen and oxygen atoms in total. The molecule has 21 heavy (non-hydrogen) atoms. The van der Waals surface area contributed by atoms with Crippen LogP contribution in [-0.4, -0.2) is 10.0 Å². The summed E-state index contributed by atoms with van der Waals surface area (Å²) in [7, 11) is 0. The standard InChI is InChI=1S/C14H11ClFNO4/c1-8(18)9-2-5-13(11(15)6-9)21-14-7-10(16)3-4-12(14)17(19)20/h2-8,18H,1H3/t8-/m0/s1. The van der Waals surface area contributed by atoms with E-state index in [4.69, 9.17) is 16.3 Å². The number of nitro benzene ring substituents is 1. The fraction of sp³-hybridized carbons (Fsp3) is 0.143. The van der Waals surface area contributed by atoms with Crippen LogP contribution in [0.2, 0.25) is 5.02 Å². The molecular formula is C14H11ClFNO4. The molecular weight excluding hydrogens is 301 g/mol. The van der Waals surface area contributed by atoms with Gasteiger partial charge >= 0.3 is 5.69 Å². The van der Waals surface area contributed by atoms with Crippen LogP contribution in [0.1, 0.15) is 18.6 Å². The van der Waals surface area contributed by atoms with E-state index in [1.165, 1.54) is 12.1 Å². The summed E-state index contributed by atoms with van der Waals surface area (Å²) in [5.74, 6) is -0.770. The third-order valence-corrected chi connectivity index (χ3v) is 3.07. The third-order valence-electron chi connectivity index (χ3n) is 2.78. The van der Waals surface area contributed by atoms with Crippen molar-refractivity contribution in [2.24, 2.45) is 0 Å². The second-order valence-electron chi connectivity index (χ2n) is 4.34. The molecule has 0 amide bonds. The predicted molar refractivity (Wildman–Crippen MR) is 75.2 cm³/mol. The second kappa shape index (κ2) is 6.07. The molecule has 0 unspecified atom stereocenters. The lowest BCUT2D eigenvalue weighted by Gasteiger charge is -2.10. The van der Waals surface area contributed by atoms with E-state index in [0.29, 0.717) is 5.56 Å². The third kappa shape index (κ3) is 3.48. The molecule has 0 radical (unpaired) electrons. The minimum Gasteiger partial charge on any atom is -0.448 e. The van der Waals surface area contributed by atoms with E-state index >= 15 is 0 Å². The van der Waals surface area contributed by atoms with Gasteiger partial charge in [-0.05, 0) is 30.7 Å². The predicted octanol–water partition coefficient (Wildman–Crippen LogP) is 4.23. The smallest absolute Gasteiger partial charge is 0.311 e. The molecule has 0 aliphatic rings. The zero-order chi connectivity index (χ0) is 15.6.